The second-order valence-corrected chi connectivity index (χ2v) is 7.51. The summed E-state index contributed by atoms with van der Waals surface area (Å²) in [5.41, 5.74) is 0.799. The highest BCUT2D eigenvalue weighted by atomic mass is 35.5. The highest BCUT2D eigenvalue weighted by Gasteiger charge is 2.33. The van der Waals surface area contributed by atoms with Gasteiger partial charge in [0.1, 0.15) is 0 Å². The summed E-state index contributed by atoms with van der Waals surface area (Å²) >= 11 is 11.9. The summed E-state index contributed by atoms with van der Waals surface area (Å²) in [4.78, 5) is 12.3. The predicted molar refractivity (Wildman–Crippen MR) is 84.5 cm³/mol. The Hall–Kier alpha value is -0.730. The molecular weight excluding hydrogens is 293 g/mol. The normalized spacial score (nSPS) is 22.9. The Kier molecular flexibility index (Phi) is 4.66. The number of carbonyl (C=O) groups excluding carboxylic acids is 1. The first-order chi connectivity index (χ1) is 9.27. The largest absolute Gasteiger partial charge is 0.349 e. The van der Waals surface area contributed by atoms with Crippen molar-refractivity contribution in [3.05, 3.63) is 33.8 Å². The van der Waals surface area contributed by atoms with Crippen molar-refractivity contribution in [3.8, 4) is 0 Å². The third kappa shape index (κ3) is 3.67. The van der Waals surface area contributed by atoms with Crippen LogP contribution >= 0.6 is 23.2 Å². The summed E-state index contributed by atoms with van der Waals surface area (Å²) in [6.07, 6.45) is 3.25. The number of hydrogen-bond donors (Lipinski definition) is 1. The third-order valence-electron chi connectivity index (χ3n) is 4.17. The van der Waals surface area contributed by atoms with Gasteiger partial charge in [0.05, 0.1) is 10.6 Å². The first-order valence-corrected chi connectivity index (χ1v) is 7.79. The van der Waals surface area contributed by atoms with Gasteiger partial charge in [-0.2, -0.15) is 0 Å². The Balaban J connectivity index is 1.99. The quantitative estimate of drug-likeness (QED) is 0.823. The van der Waals surface area contributed by atoms with Gasteiger partial charge < -0.3 is 5.32 Å². The van der Waals surface area contributed by atoms with Gasteiger partial charge in [-0.1, -0.05) is 44.0 Å². The number of halogens is 2. The molecule has 0 saturated heterocycles. The van der Waals surface area contributed by atoms with Crippen molar-refractivity contribution in [1.29, 1.82) is 0 Å². The smallest absolute Gasteiger partial charge is 0.253 e. The molecule has 0 aliphatic heterocycles. The third-order valence-corrected chi connectivity index (χ3v) is 4.72. The first-order valence-electron chi connectivity index (χ1n) is 7.03. The molecule has 2 unspecified atom stereocenters. The van der Waals surface area contributed by atoms with Crippen LogP contribution in [0.5, 0.6) is 0 Å². The summed E-state index contributed by atoms with van der Waals surface area (Å²) in [6, 6.07) is 5.22. The predicted octanol–water partition coefficient (Wildman–Crippen LogP) is 4.94. The standard InChI is InChI=1S/C16H21Cl2NO/c1-16(2,3)10-4-6-12(8-10)19-15(20)13-7-5-11(17)9-14(13)18/h5,7,9-10,12H,4,6,8H2,1-3H3,(H,19,20). The van der Waals surface area contributed by atoms with Gasteiger partial charge in [0, 0.05) is 11.1 Å². The molecule has 4 heteroatoms. The number of carbonyl (C=O) groups is 1. The maximum Gasteiger partial charge on any atom is 0.253 e. The fourth-order valence-electron chi connectivity index (χ4n) is 2.84. The lowest BCUT2D eigenvalue weighted by Crippen LogP contribution is -2.33. The molecule has 1 N–H and O–H groups in total. The molecule has 1 aromatic rings. The number of benzene rings is 1. The van der Waals surface area contributed by atoms with E-state index >= 15 is 0 Å². The molecule has 110 valence electrons. The molecule has 2 rings (SSSR count). The fraction of sp³-hybridized carbons (Fsp3) is 0.562. The molecule has 0 bridgehead atoms. The minimum atomic E-state index is -0.105. The fourth-order valence-corrected chi connectivity index (χ4v) is 3.33. The van der Waals surface area contributed by atoms with Gasteiger partial charge in [0.25, 0.3) is 5.91 Å². The van der Waals surface area contributed by atoms with Crippen molar-refractivity contribution in [3.63, 3.8) is 0 Å². The van der Waals surface area contributed by atoms with E-state index in [1.54, 1.807) is 18.2 Å². The van der Waals surface area contributed by atoms with Gasteiger partial charge in [-0.15, -0.1) is 0 Å². The summed E-state index contributed by atoms with van der Waals surface area (Å²) < 4.78 is 0. The van der Waals surface area contributed by atoms with Crippen molar-refractivity contribution in [2.24, 2.45) is 11.3 Å². The van der Waals surface area contributed by atoms with Gasteiger partial charge in [0.2, 0.25) is 0 Å². The van der Waals surface area contributed by atoms with Gasteiger partial charge in [0.15, 0.2) is 0 Å². The van der Waals surface area contributed by atoms with E-state index < -0.39 is 0 Å². The molecule has 1 aliphatic rings. The zero-order valence-electron chi connectivity index (χ0n) is 12.2. The number of rotatable bonds is 2. The molecule has 1 aliphatic carbocycles. The van der Waals surface area contributed by atoms with Gasteiger partial charge >= 0.3 is 0 Å². The molecule has 20 heavy (non-hydrogen) atoms. The summed E-state index contributed by atoms with van der Waals surface area (Å²) in [6.45, 7) is 6.79. The van der Waals surface area contributed by atoms with Crippen molar-refractivity contribution < 1.29 is 4.79 Å². The number of hydrogen-bond acceptors (Lipinski definition) is 1. The van der Waals surface area contributed by atoms with Crippen LogP contribution in [0.25, 0.3) is 0 Å². The lowest BCUT2D eigenvalue weighted by atomic mass is 9.80. The Bertz CT molecular complexity index is 508. The van der Waals surface area contributed by atoms with Crippen LogP contribution < -0.4 is 5.32 Å². The summed E-state index contributed by atoms with van der Waals surface area (Å²) in [5, 5.41) is 4.04. The van der Waals surface area contributed by atoms with Crippen LogP contribution in [0.15, 0.2) is 18.2 Å². The molecular formula is C16H21Cl2NO. The Labute approximate surface area is 130 Å². The van der Waals surface area contributed by atoms with Crippen LogP contribution in [0.4, 0.5) is 0 Å². The van der Waals surface area contributed by atoms with E-state index in [9.17, 15) is 4.79 Å². The van der Waals surface area contributed by atoms with Crippen LogP contribution in [0.3, 0.4) is 0 Å². The molecule has 0 heterocycles. The maximum atomic E-state index is 12.3. The average Bonchev–Trinajstić information content (AvgIpc) is 2.76. The molecule has 1 amide bonds. The van der Waals surface area contributed by atoms with Crippen LogP contribution in [0.2, 0.25) is 10.0 Å². The highest BCUT2D eigenvalue weighted by Crippen LogP contribution is 2.39. The van der Waals surface area contributed by atoms with E-state index in [1.807, 2.05) is 0 Å². The lowest BCUT2D eigenvalue weighted by Gasteiger charge is -2.27. The lowest BCUT2D eigenvalue weighted by molar-refractivity contribution is 0.0935. The monoisotopic (exact) mass is 313 g/mol. The molecule has 1 fully saturated rings. The minimum absolute atomic E-state index is 0.105. The maximum absolute atomic E-state index is 12.3. The first kappa shape index (κ1) is 15.7. The number of nitrogens with one attached hydrogen (secondary N) is 1. The second kappa shape index (κ2) is 5.95. The molecule has 0 spiro atoms. The Morgan fingerprint density at radius 3 is 2.50 bits per heavy atom. The molecule has 2 atom stereocenters. The van der Waals surface area contributed by atoms with E-state index in [2.05, 4.69) is 26.1 Å². The van der Waals surface area contributed by atoms with Crippen LogP contribution in [-0.4, -0.2) is 11.9 Å². The zero-order valence-corrected chi connectivity index (χ0v) is 13.7. The SMILES string of the molecule is CC(C)(C)C1CCC(NC(=O)c2ccc(Cl)cc2Cl)C1. The summed E-state index contributed by atoms with van der Waals surface area (Å²) in [5.74, 6) is 0.555. The van der Waals surface area contributed by atoms with Crippen molar-refractivity contribution in [1.82, 2.24) is 5.32 Å². The Morgan fingerprint density at radius 2 is 1.95 bits per heavy atom. The van der Waals surface area contributed by atoms with E-state index in [4.69, 9.17) is 23.2 Å². The molecule has 0 aromatic heterocycles. The van der Waals surface area contributed by atoms with Crippen LogP contribution in [0.1, 0.15) is 50.4 Å². The Morgan fingerprint density at radius 1 is 1.25 bits per heavy atom. The number of amides is 1. The van der Waals surface area contributed by atoms with Crippen molar-refractivity contribution in [2.75, 3.05) is 0 Å². The highest BCUT2D eigenvalue weighted by molar-refractivity contribution is 6.36. The zero-order chi connectivity index (χ0) is 14.9. The minimum Gasteiger partial charge on any atom is -0.349 e. The van der Waals surface area contributed by atoms with Crippen LogP contribution in [0, 0.1) is 11.3 Å². The topological polar surface area (TPSA) is 29.1 Å². The van der Waals surface area contributed by atoms with E-state index in [0.29, 0.717) is 26.9 Å². The molecule has 1 saturated carbocycles. The van der Waals surface area contributed by atoms with Gasteiger partial charge in [-0.3, -0.25) is 4.79 Å². The van der Waals surface area contributed by atoms with Crippen molar-refractivity contribution in [2.45, 2.75) is 46.1 Å². The van der Waals surface area contributed by atoms with Crippen LogP contribution in [-0.2, 0) is 0 Å². The van der Waals surface area contributed by atoms with E-state index in [-0.39, 0.29) is 11.9 Å². The average molecular weight is 314 g/mol. The van der Waals surface area contributed by atoms with Gasteiger partial charge in [-0.05, 0) is 48.8 Å². The molecule has 2 nitrogen and oxygen atoms in total. The summed E-state index contributed by atoms with van der Waals surface area (Å²) in [7, 11) is 0. The molecule has 0 radical (unpaired) electrons. The van der Waals surface area contributed by atoms with E-state index in [0.717, 1.165) is 12.8 Å². The van der Waals surface area contributed by atoms with Crippen molar-refractivity contribution >= 4 is 29.1 Å². The molecule has 1 aromatic carbocycles. The second-order valence-electron chi connectivity index (χ2n) is 6.67. The van der Waals surface area contributed by atoms with Gasteiger partial charge in [-0.25, -0.2) is 0 Å². The van der Waals surface area contributed by atoms with E-state index in [1.165, 1.54) is 6.42 Å².